The second-order valence-electron chi connectivity index (χ2n) is 4.32. The van der Waals surface area contributed by atoms with Gasteiger partial charge in [0.2, 0.25) is 0 Å². The molecule has 0 bridgehead atoms. The quantitative estimate of drug-likeness (QED) is 0.594. The Kier molecular flexibility index (Phi) is 4.90. The summed E-state index contributed by atoms with van der Waals surface area (Å²) in [5.74, 6) is 0.502. The van der Waals surface area contributed by atoms with Gasteiger partial charge in [-0.15, -0.1) is 0 Å². The average Bonchev–Trinajstić information content (AvgIpc) is 2.48. The van der Waals surface area contributed by atoms with Crippen LogP contribution >= 0.6 is 0 Å². The Hall–Kier alpha value is -2.61. The highest BCUT2D eigenvalue weighted by molar-refractivity contribution is 5.93. The molecule has 2 heteroatoms. The van der Waals surface area contributed by atoms with E-state index in [1.165, 1.54) is 13.0 Å². The fourth-order valence-electron chi connectivity index (χ4n) is 1.72. The van der Waals surface area contributed by atoms with E-state index in [0.29, 0.717) is 5.76 Å². The van der Waals surface area contributed by atoms with Gasteiger partial charge in [0.05, 0.1) is 6.26 Å². The number of ketones is 1. The summed E-state index contributed by atoms with van der Waals surface area (Å²) in [6.07, 6.45) is 4.94. The van der Waals surface area contributed by atoms with Gasteiger partial charge < -0.3 is 4.74 Å². The number of hydrogen-bond donors (Lipinski definition) is 0. The second kappa shape index (κ2) is 7.10. The first-order valence-electron chi connectivity index (χ1n) is 6.41. The zero-order valence-corrected chi connectivity index (χ0v) is 11.3. The number of ether oxygens (including phenoxy) is 1. The lowest BCUT2D eigenvalue weighted by Crippen LogP contribution is -1.91. The summed E-state index contributed by atoms with van der Waals surface area (Å²) < 4.78 is 5.60. The first-order valence-corrected chi connectivity index (χ1v) is 6.41. The van der Waals surface area contributed by atoms with Crippen molar-refractivity contribution >= 4 is 17.6 Å². The predicted molar refractivity (Wildman–Crippen MR) is 81.7 cm³/mol. The molecule has 0 atom stereocenters. The molecule has 100 valence electrons. The van der Waals surface area contributed by atoms with E-state index in [1.54, 1.807) is 6.26 Å². The third kappa shape index (κ3) is 4.25. The van der Waals surface area contributed by atoms with Gasteiger partial charge in [-0.05, 0) is 18.6 Å². The van der Waals surface area contributed by atoms with Crippen molar-refractivity contribution in [3.05, 3.63) is 84.1 Å². The highest BCUT2D eigenvalue weighted by Gasteiger charge is 2.02. The molecule has 0 fully saturated rings. The highest BCUT2D eigenvalue weighted by atomic mass is 16.5. The van der Waals surface area contributed by atoms with E-state index in [1.807, 2.05) is 66.7 Å². The molecular weight excluding hydrogens is 248 g/mol. The number of carbonyl (C=O) groups is 1. The van der Waals surface area contributed by atoms with Gasteiger partial charge in [0.1, 0.15) is 5.76 Å². The molecule has 0 saturated heterocycles. The SMILES string of the molecule is CC(=O)/C=C(\O/C=C\c1ccccc1)c1ccccc1. The zero-order chi connectivity index (χ0) is 14.2. The van der Waals surface area contributed by atoms with Crippen LogP contribution in [-0.4, -0.2) is 5.78 Å². The molecule has 0 aliphatic carbocycles. The van der Waals surface area contributed by atoms with Crippen LogP contribution in [0.2, 0.25) is 0 Å². The summed E-state index contributed by atoms with van der Waals surface area (Å²) in [5, 5.41) is 0. The van der Waals surface area contributed by atoms with Gasteiger partial charge in [0, 0.05) is 11.6 Å². The third-order valence-electron chi connectivity index (χ3n) is 2.65. The summed E-state index contributed by atoms with van der Waals surface area (Å²) in [7, 11) is 0. The standard InChI is InChI=1S/C18H16O2/c1-15(19)14-18(17-10-6-3-7-11-17)20-13-12-16-8-4-2-5-9-16/h2-14H,1H3/b13-12-,18-14-. The van der Waals surface area contributed by atoms with Crippen LogP contribution in [0.25, 0.3) is 11.8 Å². The number of allylic oxidation sites excluding steroid dienone is 1. The van der Waals surface area contributed by atoms with Crippen molar-refractivity contribution in [1.82, 2.24) is 0 Å². The smallest absolute Gasteiger partial charge is 0.156 e. The van der Waals surface area contributed by atoms with Crippen molar-refractivity contribution in [1.29, 1.82) is 0 Å². The molecule has 0 amide bonds. The molecular formula is C18H16O2. The molecule has 20 heavy (non-hydrogen) atoms. The Bertz CT molecular complexity index is 610. The van der Waals surface area contributed by atoms with Crippen LogP contribution in [0.5, 0.6) is 0 Å². The molecule has 0 radical (unpaired) electrons. The minimum Gasteiger partial charge on any atom is -0.464 e. The maximum atomic E-state index is 11.3. The van der Waals surface area contributed by atoms with Gasteiger partial charge in [-0.3, -0.25) is 4.79 Å². The minimum atomic E-state index is -0.0445. The first kappa shape index (κ1) is 13.8. The maximum absolute atomic E-state index is 11.3. The molecule has 0 aliphatic heterocycles. The molecule has 2 rings (SSSR count). The van der Waals surface area contributed by atoms with Crippen molar-refractivity contribution in [2.24, 2.45) is 0 Å². The molecule has 0 spiro atoms. The van der Waals surface area contributed by atoms with Crippen LogP contribution in [0.1, 0.15) is 18.1 Å². The van der Waals surface area contributed by atoms with E-state index in [2.05, 4.69) is 0 Å². The Morgan fingerprint density at radius 3 is 2.15 bits per heavy atom. The second-order valence-corrected chi connectivity index (χ2v) is 4.32. The van der Waals surface area contributed by atoms with Crippen molar-refractivity contribution in [2.75, 3.05) is 0 Å². The number of benzene rings is 2. The van der Waals surface area contributed by atoms with Crippen LogP contribution in [0.3, 0.4) is 0 Å². The average molecular weight is 264 g/mol. The van der Waals surface area contributed by atoms with Crippen LogP contribution < -0.4 is 0 Å². The van der Waals surface area contributed by atoms with Gasteiger partial charge in [-0.2, -0.15) is 0 Å². The highest BCUT2D eigenvalue weighted by Crippen LogP contribution is 2.16. The lowest BCUT2D eigenvalue weighted by Gasteiger charge is -2.06. The minimum absolute atomic E-state index is 0.0445. The van der Waals surface area contributed by atoms with Gasteiger partial charge in [0.25, 0.3) is 0 Å². The largest absolute Gasteiger partial charge is 0.464 e. The summed E-state index contributed by atoms with van der Waals surface area (Å²) in [4.78, 5) is 11.3. The van der Waals surface area contributed by atoms with Crippen molar-refractivity contribution < 1.29 is 9.53 Å². The molecule has 0 unspecified atom stereocenters. The zero-order valence-electron chi connectivity index (χ0n) is 11.3. The number of rotatable bonds is 5. The van der Waals surface area contributed by atoms with E-state index in [-0.39, 0.29) is 5.78 Å². The molecule has 0 saturated carbocycles. The fourth-order valence-corrected chi connectivity index (χ4v) is 1.72. The van der Waals surface area contributed by atoms with E-state index in [0.717, 1.165) is 11.1 Å². The normalized spacial score (nSPS) is 11.6. The lowest BCUT2D eigenvalue weighted by atomic mass is 10.1. The Morgan fingerprint density at radius 1 is 0.950 bits per heavy atom. The van der Waals surface area contributed by atoms with Crippen molar-refractivity contribution in [3.8, 4) is 0 Å². The summed E-state index contributed by atoms with van der Waals surface area (Å²) >= 11 is 0. The Morgan fingerprint density at radius 2 is 1.55 bits per heavy atom. The Balaban J connectivity index is 2.14. The Labute approximate surface area is 119 Å². The molecule has 2 nitrogen and oxygen atoms in total. The molecule has 2 aromatic rings. The van der Waals surface area contributed by atoms with Gasteiger partial charge >= 0.3 is 0 Å². The number of hydrogen-bond acceptors (Lipinski definition) is 2. The summed E-state index contributed by atoms with van der Waals surface area (Å²) in [6.45, 7) is 1.51. The molecule has 2 aromatic carbocycles. The van der Waals surface area contributed by atoms with Crippen LogP contribution in [0.15, 0.2) is 73.0 Å². The first-order chi connectivity index (χ1) is 9.75. The topological polar surface area (TPSA) is 26.3 Å². The summed E-state index contributed by atoms with van der Waals surface area (Å²) in [6, 6.07) is 19.4. The van der Waals surface area contributed by atoms with Crippen LogP contribution in [0.4, 0.5) is 0 Å². The van der Waals surface area contributed by atoms with Gasteiger partial charge in [-0.25, -0.2) is 0 Å². The summed E-state index contributed by atoms with van der Waals surface area (Å²) in [5.41, 5.74) is 1.92. The fraction of sp³-hybridized carbons (Fsp3) is 0.0556. The lowest BCUT2D eigenvalue weighted by molar-refractivity contribution is -0.112. The van der Waals surface area contributed by atoms with Crippen molar-refractivity contribution in [2.45, 2.75) is 6.92 Å². The molecule has 0 heterocycles. The number of carbonyl (C=O) groups excluding carboxylic acids is 1. The van der Waals surface area contributed by atoms with Crippen LogP contribution in [-0.2, 0) is 9.53 Å². The van der Waals surface area contributed by atoms with E-state index < -0.39 is 0 Å². The van der Waals surface area contributed by atoms with Gasteiger partial charge in [-0.1, -0.05) is 60.7 Å². The van der Waals surface area contributed by atoms with Gasteiger partial charge in [0.15, 0.2) is 5.78 Å². The van der Waals surface area contributed by atoms with Crippen LogP contribution in [0, 0.1) is 0 Å². The molecule has 0 aliphatic rings. The van der Waals surface area contributed by atoms with E-state index >= 15 is 0 Å². The monoisotopic (exact) mass is 264 g/mol. The predicted octanol–water partition coefficient (Wildman–Crippen LogP) is 4.30. The third-order valence-corrected chi connectivity index (χ3v) is 2.65. The van der Waals surface area contributed by atoms with E-state index in [9.17, 15) is 4.79 Å². The van der Waals surface area contributed by atoms with Crippen molar-refractivity contribution in [3.63, 3.8) is 0 Å². The molecule has 0 aromatic heterocycles. The van der Waals surface area contributed by atoms with E-state index in [4.69, 9.17) is 4.74 Å². The molecule has 0 N–H and O–H groups in total. The maximum Gasteiger partial charge on any atom is 0.156 e.